The molecule has 3 N–H and O–H groups in total. The zero-order valence-corrected chi connectivity index (χ0v) is 15.0. The van der Waals surface area contributed by atoms with E-state index in [9.17, 15) is 10.2 Å². The molecule has 2 aliphatic rings. The number of rotatable bonds is 5. The van der Waals surface area contributed by atoms with Gasteiger partial charge in [-0.15, -0.1) is 0 Å². The zero-order chi connectivity index (χ0) is 17.4. The van der Waals surface area contributed by atoms with Crippen molar-refractivity contribution < 1.29 is 15.3 Å². The van der Waals surface area contributed by atoms with Crippen molar-refractivity contribution >= 4 is 0 Å². The van der Waals surface area contributed by atoms with Gasteiger partial charge in [0.05, 0.1) is 18.8 Å². The normalized spacial score (nSPS) is 38.0. The highest BCUT2D eigenvalue weighted by molar-refractivity contribution is 5.18. The quantitative estimate of drug-likeness (QED) is 0.680. The van der Waals surface area contributed by atoms with E-state index < -0.39 is 6.10 Å². The number of hydrogen-bond donors (Lipinski definition) is 3. The van der Waals surface area contributed by atoms with Crippen LogP contribution in [0.4, 0.5) is 0 Å². The molecular formula is C20H34O3. The van der Waals surface area contributed by atoms with Crippen molar-refractivity contribution in [2.45, 2.75) is 71.5 Å². The van der Waals surface area contributed by atoms with Gasteiger partial charge < -0.3 is 15.3 Å². The lowest BCUT2D eigenvalue weighted by molar-refractivity contribution is -0.125. The van der Waals surface area contributed by atoms with E-state index in [2.05, 4.69) is 33.9 Å². The fourth-order valence-corrected chi connectivity index (χ4v) is 5.32. The average Bonchev–Trinajstić information content (AvgIpc) is 2.49. The van der Waals surface area contributed by atoms with Crippen LogP contribution in [0.2, 0.25) is 0 Å². The van der Waals surface area contributed by atoms with E-state index in [4.69, 9.17) is 5.11 Å². The van der Waals surface area contributed by atoms with Gasteiger partial charge in [-0.25, -0.2) is 0 Å². The molecule has 0 aliphatic heterocycles. The lowest BCUT2D eigenvalue weighted by atomic mass is 9.46. The van der Waals surface area contributed by atoms with E-state index in [-0.39, 0.29) is 23.5 Å². The summed E-state index contributed by atoms with van der Waals surface area (Å²) < 4.78 is 0. The molecule has 0 aromatic carbocycles. The first-order chi connectivity index (χ1) is 10.6. The Kier molecular flexibility index (Phi) is 5.44. The minimum absolute atomic E-state index is 0.0619. The van der Waals surface area contributed by atoms with Crippen LogP contribution in [0.25, 0.3) is 0 Å². The lowest BCUT2D eigenvalue weighted by Gasteiger charge is -2.59. The predicted octanol–water partition coefficient (Wildman–Crippen LogP) is 3.45. The van der Waals surface area contributed by atoms with Gasteiger partial charge in [0, 0.05) is 0 Å². The van der Waals surface area contributed by atoms with Crippen LogP contribution in [0.15, 0.2) is 24.3 Å². The van der Waals surface area contributed by atoms with Crippen molar-refractivity contribution in [3.05, 3.63) is 24.3 Å². The molecule has 3 heteroatoms. The molecule has 0 aromatic rings. The zero-order valence-electron chi connectivity index (χ0n) is 15.0. The Labute approximate surface area is 141 Å². The average molecular weight is 322 g/mol. The maximum absolute atomic E-state index is 10.5. The molecule has 2 fully saturated rings. The molecule has 0 heterocycles. The largest absolute Gasteiger partial charge is 0.393 e. The number of aliphatic hydroxyl groups is 3. The van der Waals surface area contributed by atoms with E-state index in [0.29, 0.717) is 17.4 Å². The summed E-state index contributed by atoms with van der Waals surface area (Å²) >= 11 is 0. The summed E-state index contributed by atoms with van der Waals surface area (Å²) in [6.45, 7) is 14.8. The van der Waals surface area contributed by atoms with Crippen molar-refractivity contribution in [3.63, 3.8) is 0 Å². The van der Waals surface area contributed by atoms with Gasteiger partial charge in [0.15, 0.2) is 0 Å². The van der Waals surface area contributed by atoms with Crippen LogP contribution in [-0.4, -0.2) is 34.1 Å². The third kappa shape index (κ3) is 3.29. The van der Waals surface area contributed by atoms with E-state index >= 15 is 0 Å². The SMILES string of the molecule is C=C(CC[C@@H]1C(=C)CC[C@@H]2C(C)(C)[C@H](O)CC[C@@]12C)[C@H](O)CO. The molecule has 0 spiro atoms. The van der Waals surface area contributed by atoms with E-state index in [1.165, 1.54) is 5.57 Å². The van der Waals surface area contributed by atoms with Crippen molar-refractivity contribution in [2.75, 3.05) is 6.61 Å². The summed E-state index contributed by atoms with van der Waals surface area (Å²) in [5.74, 6) is 0.890. The standard InChI is InChI=1S/C20H34O3/c1-13-7-9-17-19(3,4)18(23)10-11-20(17,5)15(13)8-6-14(2)16(22)12-21/h15-18,21-23H,1-2,6-12H2,3-5H3/t15-,16-,17-,18-,20+/m1/s1. The van der Waals surface area contributed by atoms with E-state index in [1.54, 1.807) is 0 Å². The van der Waals surface area contributed by atoms with Crippen LogP contribution < -0.4 is 0 Å². The van der Waals surface area contributed by atoms with Crippen LogP contribution in [0.1, 0.15) is 59.3 Å². The third-order valence-electron chi connectivity index (χ3n) is 6.95. The Morgan fingerprint density at radius 1 is 1.30 bits per heavy atom. The molecule has 2 rings (SSSR count). The summed E-state index contributed by atoms with van der Waals surface area (Å²) in [6, 6.07) is 0. The van der Waals surface area contributed by atoms with Crippen LogP contribution in [0, 0.1) is 22.7 Å². The van der Waals surface area contributed by atoms with Crippen LogP contribution >= 0.6 is 0 Å². The highest BCUT2D eigenvalue weighted by atomic mass is 16.3. The molecular weight excluding hydrogens is 288 g/mol. The van der Waals surface area contributed by atoms with E-state index in [0.717, 1.165) is 38.5 Å². The molecule has 0 unspecified atom stereocenters. The molecule has 0 bridgehead atoms. The molecule has 3 nitrogen and oxygen atoms in total. The highest BCUT2D eigenvalue weighted by Crippen LogP contribution is 2.61. The van der Waals surface area contributed by atoms with Crippen molar-refractivity contribution in [2.24, 2.45) is 22.7 Å². The maximum Gasteiger partial charge on any atom is 0.0978 e. The Balaban J connectivity index is 2.18. The monoisotopic (exact) mass is 322 g/mol. The molecule has 2 saturated carbocycles. The smallest absolute Gasteiger partial charge is 0.0978 e. The summed E-state index contributed by atoms with van der Waals surface area (Å²) in [5.41, 5.74) is 2.11. The van der Waals surface area contributed by atoms with Crippen molar-refractivity contribution in [3.8, 4) is 0 Å². The third-order valence-corrected chi connectivity index (χ3v) is 6.95. The molecule has 0 radical (unpaired) electrons. The first-order valence-electron chi connectivity index (χ1n) is 8.97. The number of hydrogen-bond acceptors (Lipinski definition) is 3. The predicted molar refractivity (Wildman–Crippen MR) is 93.9 cm³/mol. The second-order valence-electron chi connectivity index (χ2n) is 8.58. The Morgan fingerprint density at radius 3 is 2.57 bits per heavy atom. The minimum Gasteiger partial charge on any atom is -0.393 e. The van der Waals surface area contributed by atoms with Gasteiger partial charge in [0.2, 0.25) is 0 Å². The van der Waals surface area contributed by atoms with Crippen LogP contribution in [0.5, 0.6) is 0 Å². The van der Waals surface area contributed by atoms with Gasteiger partial charge in [-0.2, -0.15) is 0 Å². The van der Waals surface area contributed by atoms with Gasteiger partial charge >= 0.3 is 0 Å². The second kappa shape index (κ2) is 6.70. The van der Waals surface area contributed by atoms with Crippen LogP contribution in [0.3, 0.4) is 0 Å². The van der Waals surface area contributed by atoms with Gasteiger partial charge in [-0.3, -0.25) is 0 Å². The molecule has 0 aromatic heterocycles. The van der Waals surface area contributed by atoms with Gasteiger partial charge in [0.1, 0.15) is 0 Å². The van der Waals surface area contributed by atoms with Gasteiger partial charge in [-0.05, 0) is 66.8 Å². The first-order valence-corrected chi connectivity index (χ1v) is 8.97. The maximum atomic E-state index is 10.5. The second-order valence-corrected chi connectivity index (χ2v) is 8.58. The molecule has 5 atom stereocenters. The Bertz CT molecular complexity index is 468. The summed E-state index contributed by atoms with van der Waals surface area (Å²) in [5, 5.41) is 29.3. The molecule has 132 valence electrons. The first kappa shape index (κ1) is 18.7. The summed E-state index contributed by atoms with van der Waals surface area (Å²) in [7, 11) is 0. The highest BCUT2D eigenvalue weighted by Gasteiger charge is 2.55. The Hall–Kier alpha value is -0.640. The lowest BCUT2D eigenvalue weighted by Crippen LogP contribution is -2.54. The summed E-state index contributed by atoms with van der Waals surface area (Å²) in [4.78, 5) is 0. The fourth-order valence-electron chi connectivity index (χ4n) is 5.32. The molecule has 0 amide bonds. The minimum atomic E-state index is -0.819. The number of aliphatic hydroxyl groups excluding tert-OH is 3. The number of allylic oxidation sites excluding steroid dienone is 1. The van der Waals surface area contributed by atoms with Gasteiger partial charge in [0.25, 0.3) is 0 Å². The Morgan fingerprint density at radius 2 is 1.96 bits per heavy atom. The topological polar surface area (TPSA) is 60.7 Å². The molecule has 23 heavy (non-hydrogen) atoms. The van der Waals surface area contributed by atoms with Crippen molar-refractivity contribution in [1.82, 2.24) is 0 Å². The molecule has 2 aliphatic carbocycles. The fraction of sp³-hybridized carbons (Fsp3) is 0.800. The number of fused-ring (bicyclic) bond motifs is 1. The van der Waals surface area contributed by atoms with Gasteiger partial charge in [-0.1, -0.05) is 39.5 Å². The van der Waals surface area contributed by atoms with Crippen molar-refractivity contribution in [1.29, 1.82) is 0 Å². The molecule has 0 saturated heterocycles. The van der Waals surface area contributed by atoms with E-state index in [1.807, 2.05) is 0 Å². The van der Waals surface area contributed by atoms with Crippen LogP contribution in [-0.2, 0) is 0 Å². The summed E-state index contributed by atoms with van der Waals surface area (Å²) in [6.07, 6.45) is 4.61.